The van der Waals surface area contributed by atoms with Gasteiger partial charge in [0, 0.05) is 6.42 Å². The maximum Gasteiger partial charge on any atom is 0.189 e. The van der Waals surface area contributed by atoms with Crippen molar-refractivity contribution in [1.82, 2.24) is 0 Å². The van der Waals surface area contributed by atoms with Crippen LogP contribution >= 0.6 is 0 Å². The van der Waals surface area contributed by atoms with E-state index in [1.807, 2.05) is 0 Å². The van der Waals surface area contributed by atoms with Crippen LogP contribution in [-0.4, -0.2) is 156 Å². The van der Waals surface area contributed by atoms with Gasteiger partial charge in [-0.3, -0.25) is 0 Å². The van der Waals surface area contributed by atoms with Crippen molar-refractivity contribution >= 4 is 6.29 Å². The summed E-state index contributed by atoms with van der Waals surface area (Å²) in [6.07, 6.45) is -17.6. The van der Waals surface area contributed by atoms with Gasteiger partial charge in [-0.15, -0.1) is 0 Å². The van der Waals surface area contributed by atoms with Crippen LogP contribution in [-0.2, 0) is 19.0 Å². The number of aliphatic hydroxyl groups excluding tert-OH is 11. The van der Waals surface area contributed by atoms with Gasteiger partial charge in [-0.1, -0.05) is 0 Å². The summed E-state index contributed by atoms with van der Waals surface area (Å²) in [5.41, 5.74) is 0. The van der Waals surface area contributed by atoms with Crippen LogP contribution in [0, 0.1) is 0 Å². The molecule has 2 rings (SSSR count). The minimum absolute atomic E-state index is 0.137. The third kappa shape index (κ3) is 7.31. The van der Waals surface area contributed by atoms with Crippen LogP contribution < -0.4 is 0 Å². The van der Waals surface area contributed by atoms with Crippen LogP contribution in [0.4, 0.5) is 0 Å². The molecule has 0 bridgehead atoms. The Morgan fingerprint density at radius 1 is 0.688 bits per heavy atom. The highest BCUT2D eigenvalue weighted by Crippen LogP contribution is 2.27. The molecule has 2 aliphatic rings. The van der Waals surface area contributed by atoms with Crippen LogP contribution in [0.2, 0.25) is 0 Å². The Morgan fingerprint density at radius 2 is 1.09 bits per heavy atom. The Kier molecular flexibility index (Phi) is 12.5. The molecule has 190 valence electrons. The zero-order valence-corrected chi connectivity index (χ0v) is 16.9. The average Bonchev–Trinajstić information content (AvgIpc) is 2.79. The zero-order valence-electron chi connectivity index (χ0n) is 16.9. The summed E-state index contributed by atoms with van der Waals surface area (Å²) >= 11 is 0. The minimum atomic E-state index is -1.72. The van der Waals surface area contributed by atoms with Crippen molar-refractivity contribution in [3.8, 4) is 0 Å². The lowest BCUT2D eigenvalue weighted by atomic mass is 9.98. The van der Waals surface area contributed by atoms with Crippen LogP contribution in [0.3, 0.4) is 0 Å². The number of carbonyl (C=O) groups is 1. The van der Waals surface area contributed by atoms with E-state index in [0.717, 1.165) is 0 Å². The van der Waals surface area contributed by atoms with Gasteiger partial charge in [-0.2, -0.15) is 0 Å². The second kappa shape index (κ2) is 13.7. The van der Waals surface area contributed by atoms with E-state index in [1.165, 1.54) is 0 Å². The summed E-state index contributed by atoms with van der Waals surface area (Å²) in [6, 6.07) is 0. The van der Waals surface area contributed by atoms with Crippen LogP contribution in [0.15, 0.2) is 0 Å². The predicted molar refractivity (Wildman–Crippen MR) is 98.4 cm³/mol. The first kappa shape index (κ1) is 29.1. The van der Waals surface area contributed by atoms with Crippen molar-refractivity contribution in [3.05, 3.63) is 0 Å². The maximum absolute atomic E-state index is 9.84. The lowest BCUT2D eigenvalue weighted by Crippen LogP contribution is -2.63. The van der Waals surface area contributed by atoms with E-state index >= 15 is 0 Å². The van der Waals surface area contributed by atoms with E-state index in [0.29, 0.717) is 6.29 Å². The molecule has 0 aromatic carbocycles. The summed E-state index contributed by atoms with van der Waals surface area (Å²) in [6.45, 7) is -1.85. The lowest BCUT2D eigenvalue weighted by Gasteiger charge is -2.44. The van der Waals surface area contributed by atoms with E-state index in [4.69, 9.17) is 39.7 Å². The molecule has 0 unspecified atom stereocenters. The van der Waals surface area contributed by atoms with Gasteiger partial charge in [-0.25, -0.2) is 0 Å². The number of aliphatic hydroxyl groups is 11. The maximum atomic E-state index is 9.84. The normalized spacial score (nSPS) is 41.8. The molecule has 15 nitrogen and oxygen atoms in total. The van der Waals surface area contributed by atoms with Crippen LogP contribution in [0.1, 0.15) is 6.42 Å². The van der Waals surface area contributed by atoms with Crippen molar-refractivity contribution in [1.29, 1.82) is 0 Å². The molecular weight excluding hydrogens is 444 g/mol. The summed E-state index contributed by atoms with van der Waals surface area (Å²) in [4.78, 5) is 9.68. The SMILES string of the molecule is O=CC[C@H](O)[C@H](O)CO.OC[C@H]1O[C@H](O[C@H]2O[C@H](CO)[C@@H](O)[C@H](O)[C@H]2O)[C@H](O)[C@@H](O)[C@@H]1O. The van der Waals surface area contributed by atoms with Gasteiger partial charge in [0.05, 0.1) is 25.9 Å². The monoisotopic (exact) mass is 476 g/mol. The van der Waals surface area contributed by atoms with E-state index in [9.17, 15) is 35.4 Å². The highest BCUT2D eigenvalue weighted by molar-refractivity contribution is 5.50. The summed E-state index contributed by atoms with van der Waals surface area (Å²) in [7, 11) is 0. The Bertz CT molecular complexity index is 500. The number of ether oxygens (including phenoxy) is 3. The first-order chi connectivity index (χ1) is 15.0. The Balaban J connectivity index is 0.000000482. The minimum Gasteiger partial charge on any atom is -0.394 e. The first-order valence-electron chi connectivity index (χ1n) is 9.71. The van der Waals surface area contributed by atoms with Crippen molar-refractivity contribution in [3.63, 3.8) is 0 Å². The highest BCUT2D eigenvalue weighted by Gasteiger charge is 2.49. The first-order valence-corrected chi connectivity index (χ1v) is 9.71. The number of rotatable bonds is 8. The summed E-state index contributed by atoms with van der Waals surface area (Å²) in [5, 5.41) is 102. The standard InChI is InChI=1S/C12H22O11.C5H10O4/c13-1-3-5(15)7(17)9(19)11(21-3)23-12-10(20)8(18)6(16)4(2-14)22-12;6-2-1-4(8)5(9)3-7/h3-20H,1-2H2;2,4-5,7-9H,1,3H2/t3-,4-,5-,6-,7+,8+,9-,10-,11-,12-;4-,5+/m10/s1. The van der Waals surface area contributed by atoms with Crippen LogP contribution in [0.25, 0.3) is 0 Å². The molecule has 0 aromatic rings. The third-order valence-corrected chi connectivity index (χ3v) is 4.93. The molecule has 2 heterocycles. The lowest BCUT2D eigenvalue weighted by molar-refractivity contribution is -0.376. The molecule has 0 radical (unpaired) electrons. The van der Waals surface area contributed by atoms with Crippen molar-refractivity contribution in [2.75, 3.05) is 19.8 Å². The predicted octanol–water partition coefficient (Wildman–Crippen LogP) is -7.11. The molecule has 2 fully saturated rings. The van der Waals surface area contributed by atoms with Crippen molar-refractivity contribution in [2.24, 2.45) is 0 Å². The molecule has 15 heteroatoms. The Labute approximate surface area is 182 Å². The fourth-order valence-electron chi connectivity index (χ4n) is 2.87. The number of hydrogen-bond acceptors (Lipinski definition) is 15. The van der Waals surface area contributed by atoms with Gasteiger partial charge < -0.3 is 75.2 Å². The summed E-state index contributed by atoms with van der Waals surface area (Å²) in [5.74, 6) is 0. The summed E-state index contributed by atoms with van der Waals surface area (Å²) < 4.78 is 15.3. The molecule has 11 N–H and O–H groups in total. The molecule has 32 heavy (non-hydrogen) atoms. The molecule has 12 atom stereocenters. The van der Waals surface area contributed by atoms with E-state index in [1.54, 1.807) is 0 Å². The van der Waals surface area contributed by atoms with Crippen molar-refractivity contribution in [2.45, 2.75) is 80.0 Å². The molecular formula is C17H32O15. The largest absolute Gasteiger partial charge is 0.394 e. The van der Waals surface area contributed by atoms with Gasteiger partial charge >= 0.3 is 0 Å². The van der Waals surface area contributed by atoms with E-state index < -0.39 is 93.4 Å². The molecule has 2 saturated heterocycles. The van der Waals surface area contributed by atoms with Gasteiger partial charge in [-0.05, 0) is 0 Å². The highest BCUT2D eigenvalue weighted by atomic mass is 16.8. The third-order valence-electron chi connectivity index (χ3n) is 4.93. The number of hydrogen-bond donors (Lipinski definition) is 11. The van der Waals surface area contributed by atoms with E-state index in [-0.39, 0.29) is 6.42 Å². The molecule has 0 amide bonds. The second-order valence-corrected chi connectivity index (χ2v) is 7.25. The van der Waals surface area contributed by atoms with Gasteiger partial charge in [0.25, 0.3) is 0 Å². The fourth-order valence-corrected chi connectivity index (χ4v) is 2.87. The molecule has 0 spiro atoms. The quantitative estimate of drug-likeness (QED) is 0.145. The number of aldehydes is 1. The topological polar surface area (TPSA) is 267 Å². The molecule has 2 aliphatic heterocycles. The Morgan fingerprint density at radius 3 is 1.41 bits per heavy atom. The smallest absolute Gasteiger partial charge is 0.189 e. The van der Waals surface area contributed by atoms with Gasteiger partial charge in [0.1, 0.15) is 61.2 Å². The van der Waals surface area contributed by atoms with E-state index in [2.05, 4.69) is 0 Å². The Hall–Kier alpha value is -0.890. The number of carbonyl (C=O) groups excluding carboxylic acids is 1. The molecule has 0 saturated carbocycles. The second-order valence-electron chi connectivity index (χ2n) is 7.25. The van der Waals surface area contributed by atoms with Gasteiger partial charge in [0.2, 0.25) is 0 Å². The molecule has 0 aliphatic carbocycles. The zero-order chi connectivity index (χ0) is 24.6. The average molecular weight is 476 g/mol. The molecule has 0 aromatic heterocycles. The van der Waals surface area contributed by atoms with Crippen molar-refractivity contribution < 1.29 is 75.2 Å². The van der Waals surface area contributed by atoms with Gasteiger partial charge in [0.15, 0.2) is 12.6 Å². The fraction of sp³-hybridized carbons (Fsp3) is 0.941. The van der Waals surface area contributed by atoms with Crippen LogP contribution in [0.5, 0.6) is 0 Å².